The molecule has 1 heterocycles. The van der Waals surface area contributed by atoms with Gasteiger partial charge in [0.1, 0.15) is 17.8 Å². The maximum atomic E-state index is 13.0. The second-order valence-corrected chi connectivity index (χ2v) is 5.86. The van der Waals surface area contributed by atoms with E-state index in [1.54, 1.807) is 0 Å². The van der Waals surface area contributed by atoms with E-state index in [-0.39, 0.29) is 28.5 Å². The van der Waals surface area contributed by atoms with E-state index >= 15 is 0 Å². The first-order valence-electron chi connectivity index (χ1n) is 7.15. The van der Waals surface area contributed by atoms with Gasteiger partial charge in [-0.3, -0.25) is 4.79 Å². The summed E-state index contributed by atoms with van der Waals surface area (Å²) in [7, 11) is 0. The van der Waals surface area contributed by atoms with Crippen LogP contribution in [-0.2, 0) is 0 Å². The van der Waals surface area contributed by atoms with Gasteiger partial charge in [0.25, 0.3) is 5.91 Å². The molecule has 0 spiro atoms. The third-order valence-electron chi connectivity index (χ3n) is 3.99. The molecule has 1 aliphatic carbocycles. The second-order valence-electron chi connectivity index (χ2n) is 5.45. The van der Waals surface area contributed by atoms with Crippen LogP contribution >= 0.6 is 11.6 Å². The first-order valence-corrected chi connectivity index (χ1v) is 7.53. The first kappa shape index (κ1) is 14.9. The molecule has 1 N–H and O–H groups in total. The predicted octanol–water partition coefficient (Wildman–Crippen LogP) is 3.34. The Hall–Kier alpha value is -2.01. The van der Waals surface area contributed by atoms with Gasteiger partial charge in [0.2, 0.25) is 0 Å². The van der Waals surface area contributed by atoms with Crippen molar-refractivity contribution in [2.45, 2.75) is 31.2 Å². The Morgan fingerprint density at radius 1 is 1.27 bits per heavy atom. The zero-order chi connectivity index (χ0) is 15.5. The minimum atomic E-state index is -0.280. The summed E-state index contributed by atoms with van der Waals surface area (Å²) in [6.45, 7) is 0. The molecule has 1 aliphatic rings. The minimum absolute atomic E-state index is 0.0774. The highest BCUT2D eigenvalue weighted by atomic mass is 35.5. The SMILES string of the molecule is O=C(N[C@H]1CC[C@H](c2ccc(F)cc2)C1)c1ncncc1Cl. The lowest BCUT2D eigenvalue weighted by atomic mass is 9.97. The number of rotatable bonds is 3. The largest absolute Gasteiger partial charge is 0.348 e. The molecule has 0 aliphatic heterocycles. The third-order valence-corrected chi connectivity index (χ3v) is 4.27. The summed E-state index contributed by atoms with van der Waals surface area (Å²) in [6.07, 6.45) is 5.39. The van der Waals surface area contributed by atoms with Gasteiger partial charge in [-0.05, 0) is 42.9 Å². The Morgan fingerprint density at radius 3 is 2.77 bits per heavy atom. The number of benzene rings is 1. The van der Waals surface area contributed by atoms with E-state index < -0.39 is 0 Å². The average molecular weight is 320 g/mol. The van der Waals surface area contributed by atoms with Crippen molar-refractivity contribution in [3.05, 3.63) is 58.9 Å². The van der Waals surface area contributed by atoms with Crippen molar-refractivity contribution < 1.29 is 9.18 Å². The van der Waals surface area contributed by atoms with Crippen molar-refractivity contribution in [1.82, 2.24) is 15.3 Å². The standard InChI is InChI=1S/C16H15ClFN3O/c17-14-8-19-9-20-15(14)16(22)21-13-6-3-11(7-13)10-1-4-12(18)5-2-10/h1-2,4-5,8-9,11,13H,3,6-7H2,(H,21,22)/t11-,13-/m0/s1. The molecule has 1 fully saturated rings. The maximum Gasteiger partial charge on any atom is 0.271 e. The molecule has 2 aromatic rings. The summed E-state index contributed by atoms with van der Waals surface area (Å²) < 4.78 is 13.0. The number of nitrogens with one attached hydrogen (secondary N) is 1. The molecule has 6 heteroatoms. The monoisotopic (exact) mass is 319 g/mol. The molecule has 0 bridgehead atoms. The first-order chi connectivity index (χ1) is 10.6. The molecule has 114 valence electrons. The summed E-state index contributed by atoms with van der Waals surface area (Å²) >= 11 is 5.92. The summed E-state index contributed by atoms with van der Waals surface area (Å²) in [6, 6.07) is 6.65. The Morgan fingerprint density at radius 2 is 2.05 bits per heavy atom. The van der Waals surface area contributed by atoms with Gasteiger partial charge in [-0.15, -0.1) is 0 Å². The normalized spacial score (nSPS) is 20.8. The summed E-state index contributed by atoms with van der Waals surface area (Å²) in [4.78, 5) is 19.8. The number of halogens is 2. The van der Waals surface area contributed by atoms with Crippen LogP contribution in [-0.4, -0.2) is 21.9 Å². The van der Waals surface area contributed by atoms with Crippen LogP contribution in [0.2, 0.25) is 5.02 Å². The van der Waals surface area contributed by atoms with E-state index in [4.69, 9.17) is 11.6 Å². The third kappa shape index (κ3) is 3.25. The molecule has 1 saturated carbocycles. The number of amides is 1. The quantitative estimate of drug-likeness (QED) is 0.944. The molecule has 0 saturated heterocycles. The van der Waals surface area contributed by atoms with Crippen molar-refractivity contribution in [1.29, 1.82) is 0 Å². The smallest absolute Gasteiger partial charge is 0.271 e. The van der Waals surface area contributed by atoms with Crippen molar-refractivity contribution in [2.24, 2.45) is 0 Å². The fraction of sp³-hybridized carbons (Fsp3) is 0.312. The van der Waals surface area contributed by atoms with E-state index in [1.807, 2.05) is 12.1 Å². The molecule has 4 nitrogen and oxygen atoms in total. The zero-order valence-electron chi connectivity index (χ0n) is 11.8. The van der Waals surface area contributed by atoms with Crippen molar-refractivity contribution in [3.8, 4) is 0 Å². The van der Waals surface area contributed by atoms with Gasteiger partial charge in [-0.2, -0.15) is 0 Å². The average Bonchev–Trinajstić information content (AvgIpc) is 2.97. The highest BCUT2D eigenvalue weighted by Gasteiger charge is 2.28. The van der Waals surface area contributed by atoms with Crippen LogP contribution in [0.25, 0.3) is 0 Å². The van der Waals surface area contributed by atoms with Gasteiger partial charge in [0.15, 0.2) is 0 Å². The minimum Gasteiger partial charge on any atom is -0.348 e. The molecular formula is C16H15ClFN3O. The van der Waals surface area contributed by atoms with Crippen molar-refractivity contribution in [3.63, 3.8) is 0 Å². The Labute approximate surface area is 132 Å². The van der Waals surface area contributed by atoms with Crippen LogP contribution < -0.4 is 5.32 Å². The summed E-state index contributed by atoms with van der Waals surface area (Å²) in [5.41, 5.74) is 1.31. The van der Waals surface area contributed by atoms with Gasteiger partial charge < -0.3 is 5.32 Å². The highest BCUT2D eigenvalue weighted by Crippen LogP contribution is 2.34. The molecule has 1 aromatic carbocycles. The molecule has 2 atom stereocenters. The van der Waals surface area contributed by atoms with Gasteiger partial charge in [0, 0.05) is 12.2 Å². The van der Waals surface area contributed by atoms with Crippen molar-refractivity contribution in [2.75, 3.05) is 0 Å². The lowest BCUT2D eigenvalue weighted by molar-refractivity contribution is 0.0932. The molecule has 0 radical (unpaired) electrons. The van der Waals surface area contributed by atoms with Gasteiger partial charge in [-0.1, -0.05) is 23.7 Å². The Balaban J connectivity index is 1.62. The van der Waals surface area contributed by atoms with Crippen LogP contribution in [0.15, 0.2) is 36.8 Å². The van der Waals surface area contributed by atoms with Gasteiger partial charge in [0.05, 0.1) is 5.02 Å². The number of nitrogens with zero attached hydrogens (tertiary/aromatic N) is 2. The van der Waals surface area contributed by atoms with Crippen LogP contribution in [0.5, 0.6) is 0 Å². The molecule has 22 heavy (non-hydrogen) atoms. The van der Waals surface area contributed by atoms with E-state index in [0.717, 1.165) is 24.8 Å². The fourth-order valence-corrected chi connectivity index (χ4v) is 3.07. The van der Waals surface area contributed by atoms with E-state index in [2.05, 4.69) is 15.3 Å². The molecule has 1 amide bonds. The fourth-order valence-electron chi connectivity index (χ4n) is 2.88. The lowest BCUT2D eigenvalue weighted by Gasteiger charge is -2.14. The molecule has 1 aromatic heterocycles. The number of carbonyl (C=O) groups is 1. The van der Waals surface area contributed by atoms with E-state index in [9.17, 15) is 9.18 Å². The van der Waals surface area contributed by atoms with Crippen LogP contribution in [0.4, 0.5) is 4.39 Å². The van der Waals surface area contributed by atoms with E-state index in [1.165, 1.54) is 24.7 Å². The summed E-state index contributed by atoms with van der Waals surface area (Å²) in [5.74, 6) is -0.172. The molecule has 3 rings (SSSR count). The van der Waals surface area contributed by atoms with Gasteiger partial charge >= 0.3 is 0 Å². The number of hydrogen-bond donors (Lipinski definition) is 1. The number of aromatic nitrogens is 2. The molecular weight excluding hydrogens is 305 g/mol. The van der Waals surface area contributed by atoms with Gasteiger partial charge in [-0.25, -0.2) is 14.4 Å². The van der Waals surface area contributed by atoms with Crippen LogP contribution in [0.3, 0.4) is 0 Å². The number of hydrogen-bond acceptors (Lipinski definition) is 3. The second kappa shape index (κ2) is 6.40. The topological polar surface area (TPSA) is 54.9 Å². The van der Waals surface area contributed by atoms with E-state index in [0.29, 0.717) is 5.92 Å². The zero-order valence-corrected chi connectivity index (χ0v) is 12.6. The Kier molecular flexibility index (Phi) is 4.34. The number of carbonyl (C=O) groups excluding carboxylic acids is 1. The maximum absolute atomic E-state index is 13.0. The van der Waals surface area contributed by atoms with Crippen LogP contribution in [0.1, 0.15) is 41.2 Å². The predicted molar refractivity (Wildman–Crippen MR) is 81.3 cm³/mol. The Bertz CT molecular complexity index is 677. The lowest BCUT2D eigenvalue weighted by Crippen LogP contribution is -2.33. The van der Waals surface area contributed by atoms with Crippen LogP contribution in [0, 0.1) is 5.82 Å². The highest BCUT2D eigenvalue weighted by molar-refractivity contribution is 6.33. The summed E-state index contributed by atoms with van der Waals surface area (Å²) in [5, 5.41) is 3.20. The molecule has 0 unspecified atom stereocenters. The van der Waals surface area contributed by atoms with Crippen molar-refractivity contribution >= 4 is 17.5 Å².